The molecule has 0 bridgehead atoms. The number of carbonyl (C=O) groups is 2. The molecule has 0 radical (unpaired) electrons. The highest BCUT2D eigenvalue weighted by atomic mass is 16.6. The molecule has 4 nitrogen and oxygen atoms in total. The van der Waals surface area contributed by atoms with Crippen LogP contribution in [0.3, 0.4) is 0 Å². The second kappa shape index (κ2) is 6.59. The molecule has 0 unspecified atom stereocenters. The first-order valence-corrected chi connectivity index (χ1v) is 7.16. The van der Waals surface area contributed by atoms with Gasteiger partial charge in [-0.15, -0.1) is 0 Å². The van der Waals surface area contributed by atoms with Crippen LogP contribution in [-0.2, 0) is 14.3 Å². The van der Waals surface area contributed by atoms with E-state index in [0.717, 1.165) is 12.8 Å². The number of esters is 1. The summed E-state index contributed by atoms with van der Waals surface area (Å²) in [5.41, 5.74) is -0.494. The fourth-order valence-electron chi connectivity index (χ4n) is 2.91. The molecule has 20 heavy (non-hydrogen) atoms. The van der Waals surface area contributed by atoms with Crippen LogP contribution in [0, 0.1) is 10.8 Å². The van der Waals surface area contributed by atoms with E-state index in [4.69, 9.17) is 9.84 Å². The number of hydrogen-bond acceptors (Lipinski definition) is 3. The Morgan fingerprint density at radius 1 is 0.850 bits per heavy atom. The highest BCUT2D eigenvalue weighted by Gasteiger charge is 2.37. The van der Waals surface area contributed by atoms with Crippen molar-refractivity contribution in [3.05, 3.63) is 0 Å². The monoisotopic (exact) mass is 286 g/mol. The van der Waals surface area contributed by atoms with Gasteiger partial charge < -0.3 is 9.84 Å². The Balaban J connectivity index is 4.85. The highest BCUT2D eigenvalue weighted by Crippen LogP contribution is 2.38. The molecule has 0 saturated carbocycles. The van der Waals surface area contributed by atoms with E-state index in [1.807, 2.05) is 6.92 Å². The van der Waals surface area contributed by atoms with Crippen LogP contribution >= 0.6 is 0 Å². The van der Waals surface area contributed by atoms with Crippen LogP contribution in [-0.4, -0.2) is 22.6 Å². The molecule has 0 aliphatic carbocycles. The molecule has 0 atom stereocenters. The van der Waals surface area contributed by atoms with Crippen LogP contribution in [0.25, 0.3) is 0 Å². The third kappa shape index (κ3) is 9.82. The van der Waals surface area contributed by atoms with Crippen molar-refractivity contribution in [2.75, 3.05) is 0 Å². The van der Waals surface area contributed by atoms with Crippen molar-refractivity contribution in [1.82, 2.24) is 0 Å². The normalized spacial score (nSPS) is 13.2. The Hall–Kier alpha value is -1.06. The first-order chi connectivity index (χ1) is 8.72. The molecular formula is C16H30O4. The van der Waals surface area contributed by atoms with Crippen LogP contribution in [0.2, 0.25) is 0 Å². The smallest absolute Gasteiger partial charge is 0.306 e. The number of carboxylic acids is 1. The number of rotatable bonds is 6. The molecular weight excluding hydrogens is 256 g/mol. The van der Waals surface area contributed by atoms with Crippen molar-refractivity contribution >= 4 is 11.9 Å². The summed E-state index contributed by atoms with van der Waals surface area (Å²) in [5, 5.41) is 8.63. The summed E-state index contributed by atoms with van der Waals surface area (Å²) in [5.74, 6) is -1.40. The number of hydrogen-bond donors (Lipinski definition) is 1. The van der Waals surface area contributed by atoms with E-state index in [9.17, 15) is 9.59 Å². The Labute approximate surface area is 122 Å². The third-order valence-electron chi connectivity index (χ3n) is 2.71. The maximum atomic E-state index is 11.8. The maximum Gasteiger partial charge on any atom is 0.306 e. The summed E-state index contributed by atoms with van der Waals surface area (Å²) in [6, 6.07) is 0. The van der Waals surface area contributed by atoms with E-state index in [1.165, 1.54) is 0 Å². The zero-order valence-electron chi connectivity index (χ0n) is 14.0. The largest absolute Gasteiger partial charge is 0.481 e. The zero-order valence-corrected chi connectivity index (χ0v) is 14.0. The molecule has 0 rings (SSSR count). The molecule has 0 heterocycles. The van der Waals surface area contributed by atoms with Crippen molar-refractivity contribution in [2.45, 2.75) is 79.8 Å². The topological polar surface area (TPSA) is 63.6 Å². The number of aliphatic carboxylic acids is 1. The van der Waals surface area contributed by atoms with Gasteiger partial charge in [0.15, 0.2) is 0 Å². The minimum Gasteiger partial charge on any atom is -0.481 e. The van der Waals surface area contributed by atoms with Gasteiger partial charge >= 0.3 is 11.9 Å². The average Bonchev–Trinajstić information content (AvgIpc) is 2.06. The summed E-state index contributed by atoms with van der Waals surface area (Å²) in [6.45, 7) is 14.6. The second-order valence-corrected chi connectivity index (χ2v) is 8.29. The molecule has 0 aromatic rings. The van der Waals surface area contributed by atoms with Gasteiger partial charge in [0.1, 0.15) is 5.60 Å². The van der Waals surface area contributed by atoms with Crippen LogP contribution in [0.4, 0.5) is 0 Å². The Morgan fingerprint density at radius 2 is 1.25 bits per heavy atom. The summed E-state index contributed by atoms with van der Waals surface area (Å²) in [6.07, 6.45) is 1.24. The number of carbonyl (C=O) groups excluding carboxylic acids is 1. The third-order valence-corrected chi connectivity index (χ3v) is 2.71. The fraction of sp³-hybridized carbons (Fsp3) is 0.875. The van der Waals surface area contributed by atoms with E-state index in [0.29, 0.717) is 0 Å². The zero-order chi connectivity index (χ0) is 16.2. The first-order valence-electron chi connectivity index (χ1n) is 7.16. The van der Waals surface area contributed by atoms with Gasteiger partial charge in [0.2, 0.25) is 0 Å². The lowest BCUT2D eigenvalue weighted by molar-refractivity contribution is -0.165. The van der Waals surface area contributed by atoms with Crippen LogP contribution in [0.5, 0.6) is 0 Å². The van der Waals surface area contributed by atoms with Gasteiger partial charge in [-0.25, -0.2) is 0 Å². The highest BCUT2D eigenvalue weighted by molar-refractivity contribution is 5.76. The average molecular weight is 286 g/mol. The van der Waals surface area contributed by atoms with Gasteiger partial charge in [-0.3, -0.25) is 9.59 Å². The van der Waals surface area contributed by atoms with Crippen molar-refractivity contribution in [3.63, 3.8) is 0 Å². The lowest BCUT2D eigenvalue weighted by Gasteiger charge is -2.39. The molecule has 4 heteroatoms. The summed E-state index contributed by atoms with van der Waals surface area (Å²) < 4.78 is 5.64. The van der Waals surface area contributed by atoms with E-state index >= 15 is 0 Å². The van der Waals surface area contributed by atoms with Crippen molar-refractivity contribution in [2.24, 2.45) is 10.8 Å². The maximum absolute atomic E-state index is 11.8. The first kappa shape index (κ1) is 18.9. The van der Waals surface area contributed by atoms with Gasteiger partial charge in [-0.05, 0) is 30.6 Å². The number of carboxylic acid groups (broad SMARTS) is 1. The van der Waals surface area contributed by atoms with Gasteiger partial charge in [-0.2, -0.15) is 0 Å². The molecule has 0 aliphatic heterocycles. The Bertz CT molecular complexity index is 328. The lowest BCUT2D eigenvalue weighted by Crippen LogP contribution is -2.39. The predicted molar refractivity (Wildman–Crippen MR) is 79.5 cm³/mol. The van der Waals surface area contributed by atoms with Crippen LogP contribution in [0.1, 0.15) is 74.1 Å². The summed E-state index contributed by atoms with van der Waals surface area (Å²) >= 11 is 0. The Kier molecular flexibility index (Phi) is 6.25. The minimum atomic E-state index is -0.977. The van der Waals surface area contributed by atoms with Gasteiger partial charge in [0, 0.05) is 0 Å². The summed E-state index contributed by atoms with van der Waals surface area (Å²) in [7, 11) is 0. The van der Waals surface area contributed by atoms with Crippen LogP contribution < -0.4 is 0 Å². The van der Waals surface area contributed by atoms with Gasteiger partial charge in [0.05, 0.1) is 12.8 Å². The minimum absolute atomic E-state index is 0.0348. The molecule has 0 fully saturated rings. The molecule has 0 aliphatic rings. The van der Waals surface area contributed by atoms with E-state index in [-0.39, 0.29) is 23.7 Å². The molecule has 118 valence electrons. The fourth-order valence-corrected chi connectivity index (χ4v) is 2.91. The van der Waals surface area contributed by atoms with Crippen LogP contribution in [0.15, 0.2) is 0 Å². The molecule has 1 N–H and O–H groups in total. The standard InChI is InChI=1S/C16H30O4/c1-14(2,3)10-16(7,11-15(4,5)6)20-13(19)9-8-12(17)18/h8-11H2,1-7H3,(H,17,18). The quantitative estimate of drug-likeness (QED) is 0.749. The molecule has 0 amide bonds. The van der Waals surface area contributed by atoms with Crippen molar-refractivity contribution in [3.8, 4) is 0 Å². The van der Waals surface area contributed by atoms with E-state index < -0.39 is 17.5 Å². The predicted octanol–water partition coefficient (Wildman–Crippen LogP) is 4.03. The molecule has 0 spiro atoms. The van der Waals surface area contributed by atoms with Gasteiger partial charge in [0.25, 0.3) is 0 Å². The molecule has 0 saturated heterocycles. The van der Waals surface area contributed by atoms with Gasteiger partial charge in [-0.1, -0.05) is 41.5 Å². The SMILES string of the molecule is CC(C)(C)CC(C)(CC(C)(C)C)OC(=O)CCC(=O)O. The Morgan fingerprint density at radius 3 is 1.55 bits per heavy atom. The van der Waals surface area contributed by atoms with Crippen molar-refractivity contribution in [1.29, 1.82) is 0 Å². The van der Waals surface area contributed by atoms with E-state index in [1.54, 1.807) is 0 Å². The lowest BCUT2D eigenvalue weighted by atomic mass is 9.74. The summed E-state index contributed by atoms with van der Waals surface area (Å²) in [4.78, 5) is 22.4. The van der Waals surface area contributed by atoms with Crippen molar-refractivity contribution < 1.29 is 19.4 Å². The number of ether oxygens (including phenoxy) is 1. The van der Waals surface area contributed by atoms with E-state index in [2.05, 4.69) is 41.5 Å². The second-order valence-electron chi connectivity index (χ2n) is 8.29. The molecule has 0 aromatic heterocycles. The molecule has 0 aromatic carbocycles.